The van der Waals surface area contributed by atoms with Gasteiger partial charge in [-0.1, -0.05) is 0 Å². The molecule has 23 heavy (non-hydrogen) atoms. The van der Waals surface area contributed by atoms with Crippen LogP contribution in [0.2, 0.25) is 0 Å². The van der Waals surface area contributed by atoms with E-state index in [1.54, 1.807) is 0 Å². The average Bonchev–Trinajstić information content (AvgIpc) is 2.98. The predicted octanol–water partition coefficient (Wildman–Crippen LogP) is -2.38. The minimum atomic E-state index is -2.05. The van der Waals surface area contributed by atoms with Crippen LogP contribution in [-0.4, -0.2) is 82.3 Å². The number of hydrazone groups is 1. The second kappa shape index (κ2) is 5.08. The fraction of sp³-hybridized carbons (Fsp3) is 0.750. The van der Waals surface area contributed by atoms with Gasteiger partial charge in [0.1, 0.15) is 30.0 Å². The first-order valence-corrected chi connectivity index (χ1v) is 6.96. The molecule has 9 nitrogen and oxygen atoms in total. The van der Waals surface area contributed by atoms with Crippen molar-refractivity contribution < 1.29 is 28.5 Å². The third-order valence-corrected chi connectivity index (χ3v) is 4.48. The van der Waals surface area contributed by atoms with Crippen molar-refractivity contribution in [1.29, 1.82) is 0 Å². The van der Waals surface area contributed by atoms with Gasteiger partial charge in [-0.3, -0.25) is 15.1 Å². The highest BCUT2D eigenvalue weighted by Gasteiger charge is 2.63. The lowest BCUT2D eigenvalue weighted by atomic mass is 9.89. The van der Waals surface area contributed by atoms with E-state index < -0.39 is 48.7 Å². The molecule has 3 aliphatic rings. The Morgan fingerprint density at radius 2 is 2.30 bits per heavy atom. The zero-order valence-corrected chi connectivity index (χ0v) is 12.2. The second-order valence-electron chi connectivity index (χ2n) is 6.03. The largest absolute Gasteiger partial charge is 0.393 e. The number of amides is 1. The van der Waals surface area contributed by atoms with E-state index in [0.29, 0.717) is 0 Å². The van der Waals surface area contributed by atoms with Crippen LogP contribution in [0.1, 0.15) is 6.92 Å². The number of fused-ring (bicyclic) bond motifs is 1. The lowest BCUT2D eigenvalue weighted by molar-refractivity contribution is -0.142. The zero-order chi connectivity index (χ0) is 17.0. The van der Waals surface area contributed by atoms with Gasteiger partial charge in [-0.05, 0) is 6.92 Å². The van der Waals surface area contributed by atoms with Gasteiger partial charge in [0.05, 0.1) is 13.2 Å². The minimum Gasteiger partial charge on any atom is -0.393 e. The lowest BCUT2D eigenvalue weighted by Crippen LogP contribution is -2.61. The molecule has 1 saturated heterocycles. The van der Waals surface area contributed by atoms with E-state index in [4.69, 9.17) is 10.5 Å². The van der Waals surface area contributed by atoms with Crippen molar-refractivity contribution in [2.45, 2.75) is 36.4 Å². The Bertz CT molecular complexity index is 596. The maximum atomic E-state index is 14.6. The summed E-state index contributed by atoms with van der Waals surface area (Å²) in [6.07, 6.45) is -5.23. The molecule has 1 amide bonds. The third kappa shape index (κ3) is 2.03. The number of halogens is 2. The van der Waals surface area contributed by atoms with E-state index in [1.807, 2.05) is 0 Å². The number of amidine groups is 1. The number of carbonyl (C=O) groups is 1. The Hall–Kier alpha value is -1.85. The van der Waals surface area contributed by atoms with Gasteiger partial charge in [0.15, 0.2) is 6.17 Å². The number of aliphatic hydroxyl groups excluding tert-OH is 2. The van der Waals surface area contributed by atoms with Crippen molar-refractivity contribution in [3.05, 3.63) is 0 Å². The SMILES string of the molecule is CC1([C@@H]2O[C@@](CO)(CF)[C@@H](O)[C@H]2F)CN=C2C(=O)NC(N)=NN21. The summed E-state index contributed by atoms with van der Waals surface area (Å²) >= 11 is 0. The van der Waals surface area contributed by atoms with Crippen molar-refractivity contribution in [3.63, 3.8) is 0 Å². The topological polar surface area (TPSA) is 133 Å². The highest BCUT2D eigenvalue weighted by atomic mass is 19.1. The molecule has 0 aliphatic carbocycles. The van der Waals surface area contributed by atoms with Crippen molar-refractivity contribution in [2.24, 2.45) is 15.8 Å². The summed E-state index contributed by atoms with van der Waals surface area (Å²) in [7, 11) is 0. The fourth-order valence-corrected chi connectivity index (χ4v) is 3.05. The molecule has 128 valence electrons. The molecule has 3 aliphatic heterocycles. The van der Waals surface area contributed by atoms with Gasteiger partial charge < -0.3 is 20.7 Å². The van der Waals surface area contributed by atoms with Crippen molar-refractivity contribution >= 4 is 17.7 Å². The molecule has 0 spiro atoms. The number of rotatable bonds is 3. The summed E-state index contributed by atoms with van der Waals surface area (Å²) in [6, 6.07) is 0. The van der Waals surface area contributed by atoms with Crippen molar-refractivity contribution in [3.8, 4) is 0 Å². The van der Waals surface area contributed by atoms with Crippen LogP contribution in [0.15, 0.2) is 10.1 Å². The number of hydrogen-bond acceptors (Lipinski definition) is 8. The average molecular weight is 333 g/mol. The van der Waals surface area contributed by atoms with Crippen molar-refractivity contribution in [1.82, 2.24) is 10.3 Å². The molecule has 0 aromatic rings. The van der Waals surface area contributed by atoms with Gasteiger partial charge in [0.2, 0.25) is 11.8 Å². The number of aliphatic imine (C=N–C) groups is 1. The van der Waals surface area contributed by atoms with Gasteiger partial charge in [-0.15, -0.1) is 5.10 Å². The molecular formula is C12H17F2N5O4. The fourth-order valence-electron chi connectivity index (χ4n) is 3.05. The summed E-state index contributed by atoms with van der Waals surface area (Å²) in [5, 5.41) is 26.6. The van der Waals surface area contributed by atoms with Crippen LogP contribution in [0, 0.1) is 0 Å². The van der Waals surface area contributed by atoms with E-state index in [-0.39, 0.29) is 18.3 Å². The first-order chi connectivity index (χ1) is 10.8. The Kier molecular flexibility index (Phi) is 3.54. The number of alkyl halides is 2. The van der Waals surface area contributed by atoms with Gasteiger partial charge in [-0.2, -0.15) is 0 Å². The molecule has 1 fully saturated rings. The summed E-state index contributed by atoms with van der Waals surface area (Å²) in [5.41, 5.74) is 2.15. The van der Waals surface area contributed by atoms with Crippen molar-refractivity contribution in [2.75, 3.05) is 19.8 Å². The first kappa shape index (κ1) is 16.0. The van der Waals surface area contributed by atoms with Gasteiger partial charge >= 0.3 is 0 Å². The molecule has 1 unspecified atom stereocenters. The van der Waals surface area contributed by atoms with Gasteiger partial charge in [0.25, 0.3) is 5.91 Å². The molecule has 0 saturated carbocycles. The Labute approximate surface area is 129 Å². The number of hydrogen-bond donors (Lipinski definition) is 4. The number of nitrogens with zero attached hydrogens (tertiary/aromatic N) is 3. The third-order valence-electron chi connectivity index (χ3n) is 4.48. The number of guanidine groups is 1. The highest BCUT2D eigenvalue weighted by molar-refractivity contribution is 6.42. The van der Waals surface area contributed by atoms with E-state index in [1.165, 1.54) is 6.92 Å². The van der Waals surface area contributed by atoms with E-state index in [0.717, 1.165) is 5.01 Å². The number of ether oxygens (including phenoxy) is 1. The van der Waals surface area contributed by atoms with Crippen LogP contribution in [0.5, 0.6) is 0 Å². The molecule has 5 atom stereocenters. The number of nitrogens with two attached hydrogens (primary N) is 1. The maximum Gasteiger partial charge on any atom is 0.295 e. The monoisotopic (exact) mass is 333 g/mol. The molecular weight excluding hydrogens is 316 g/mol. The quantitative estimate of drug-likeness (QED) is 0.456. The van der Waals surface area contributed by atoms with Crippen LogP contribution in [0.25, 0.3) is 0 Å². The molecule has 3 rings (SSSR count). The van der Waals surface area contributed by atoms with Crippen LogP contribution in [-0.2, 0) is 9.53 Å². The summed E-state index contributed by atoms with van der Waals surface area (Å²) < 4.78 is 33.2. The second-order valence-corrected chi connectivity index (χ2v) is 6.03. The highest BCUT2D eigenvalue weighted by Crippen LogP contribution is 2.42. The molecule has 5 N–H and O–H groups in total. The van der Waals surface area contributed by atoms with E-state index >= 15 is 0 Å². The van der Waals surface area contributed by atoms with E-state index in [9.17, 15) is 23.8 Å². The summed E-state index contributed by atoms with van der Waals surface area (Å²) in [5.74, 6) is -0.877. The van der Waals surface area contributed by atoms with Gasteiger partial charge in [-0.25, -0.2) is 13.8 Å². The van der Waals surface area contributed by atoms with Gasteiger partial charge in [0, 0.05) is 0 Å². The van der Waals surface area contributed by atoms with E-state index in [2.05, 4.69) is 15.4 Å². The van der Waals surface area contributed by atoms with Crippen LogP contribution >= 0.6 is 0 Å². The first-order valence-electron chi connectivity index (χ1n) is 6.96. The molecule has 0 radical (unpaired) electrons. The molecule has 11 heteroatoms. The normalized spacial score (nSPS) is 43.1. The molecule has 3 heterocycles. The van der Waals surface area contributed by atoms with Crippen LogP contribution < -0.4 is 11.1 Å². The molecule has 0 bridgehead atoms. The Morgan fingerprint density at radius 1 is 1.61 bits per heavy atom. The minimum absolute atomic E-state index is 0.0713. The number of nitrogens with one attached hydrogen (secondary N) is 1. The summed E-state index contributed by atoms with van der Waals surface area (Å²) in [4.78, 5) is 15.9. The smallest absolute Gasteiger partial charge is 0.295 e. The lowest BCUT2D eigenvalue weighted by Gasteiger charge is -2.39. The standard InChI is InChI=1S/C12H17F2N5O4/c1-11(3-16-8-9(22)17-10(15)18-19(8)11)7-5(14)6(21)12(2-13,4-20)23-7/h5-7,20-21H,2-4H2,1H3,(H3,15,17,18,22)/t5-,6+,7-,11?,12-/m1/s1. The maximum absolute atomic E-state index is 14.6. The Balaban J connectivity index is 1.96. The Morgan fingerprint density at radius 3 is 2.87 bits per heavy atom. The molecule has 0 aromatic carbocycles. The van der Waals surface area contributed by atoms with Crippen LogP contribution in [0.3, 0.4) is 0 Å². The van der Waals surface area contributed by atoms with Crippen LogP contribution in [0.4, 0.5) is 8.78 Å². The number of aliphatic hydroxyl groups is 2. The summed E-state index contributed by atoms with van der Waals surface area (Å²) in [6.45, 7) is -0.721. The molecule has 0 aromatic heterocycles. The zero-order valence-electron chi connectivity index (χ0n) is 12.2. The predicted molar refractivity (Wildman–Crippen MR) is 73.9 cm³/mol. The number of carbonyl (C=O) groups excluding carboxylic acids is 1.